The van der Waals surface area contributed by atoms with Crippen molar-refractivity contribution in [2.24, 2.45) is 0 Å². The molecule has 3 rings (SSSR count). The highest BCUT2D eigenvalue weighted by Crippen LogP contribution is 2.12. The molecule has 0 bridgehead atoms. The second kappa shape index (κ2) is 9.73. The fourth-order valence-corrected chi connectivity index (χ4v) is 3.19. The lowest BCUT2D eigenvalue weighted by Crippen LogP contribution is -2.48. The smallest absolute Gasteiger partial charge is 0.253 e. The highest BCUT2D eigenvalue weighted by Gasteiger charge is 2.21. The summed E-state index contributed by atoms with van der Waals surface area (Å²) in [4.78, 5) is 39.0. The van der Waals surface area contributed by atoms with Crippen molar-refractivity contribution in [1.29, 1.82) is 0 Å². The molecule has 0 radical (unpaired) electrons. The molecule has 7 nitrogen and oxygen atoms in total. The lowest BCUT2D eigenvalue weighted by molar-refractivity contribution is -0.119. The molecule has 0 atom stereocenters. The van der Waals surface area contributed by atoms with Gasteiger partial charge in [-0.05, 0) is 48.4 Å². The van der Waals surface area contributed by atoms with E-state index in [1.165, 1.54) is 0 Å². The van der Waals surface area contributed by atoms with Crippen LogP contribution in [0.3, 0.4) is 0 Å². The van der Waals surface area contributed by atoms with E-state index in [1.807, 2.05) is 24.3 Å². The molecular formula is C22H25N3O4. The van der Waals surface area contributed by atoms with Gasteiger partial charge in [0.1, 0.15) is 5.75 Å². The molecule has 3 amide bonds. The molecule has 7 heteroatoms. The Morgan fingerprint density at radius 1 is 0.966 bits per heavy atom. The third-order valence-electron chi connectivity index (χ3n) is 5.00. The summed E-state index contributed by atoms with van der Waals surface area (Å²) in [5.74, 6) is 0.553. The molecule has 152 valence electrons. The number of piperazine rings is 1. The van der Waals surface area contributed by atoms with Gasteiger partial charge in [0.2, 0.25) is 6.41 Å². The zero-order valence-corrected chi connectivity index (χ0v) is 16.5. The van der Waals surface area contributed by atoms with Crippen molar-refractivity contribution < 1.29 is 19.1 Å². The van der Waals surface area contributed by atoms with Crippen LogP contribution >= 0.6 is 0 Å². The van der Waals surface area contributed by atoms with Crippen LogP contribution in [0, 0.1) is 0 Å². The second-order valence-electron chi connectivity index (χ2n) is 6.86. The van der Waals surface area contributed by atoms with Crippen molar-refractivity contribution in [3.63, 3.8) is 0 Å². The summed E-state index contributed by atoms with van der Waals surface area (Å²) < 4.78 is 5.13. The number of methoxy groups -OCH3 is 1. The molecule has 0 aliphatic carbocycles. The van der Waals surface area contributed by atoms with Gasteiger partial charge in [0, 0.05) is 43.9 Å². The maximum atomic E-state index is 12.6. The van der Waals surface area contributed by atoms with E-state index in [9.17, 15) is 14.4 Å². The molecular weight excluding hydrogens is 370 g/mol. The van der Waals surface area contributed by atoms with E-state index in [-0.39, 0.29) is 11.8 Å². The zero-order chi connectivity index (χ0) is 20.6. The van der Waals surface area contributed by atoms with Gasteiger partial charge in [-0.1, -0.05) is 12.1 Å². The molecule has 1 aliphatic heterocycles. The summed E-state index contributed by atoms with van der Waals surface area (Å²) in [5.41, 5.74) is 2.17. The molecule has 1 heterocycles. The largest absolute Gasteiger partial charge is 0.497 e. The fourth-order valence-electron chi connectivity index (χ4n) is 3.19. The molecule has 2 aromatic rings. The number of nitrogens with one attached hydrogen (secondary N) is 1. The first kappa shape index (κ1) is 20.4. The number of ether oxygens (including phenoxy) is 1. The molecule has 1 saturated heterocycles. The van der Waals surface area contributed by atoms with Crippen molar-refractivity contribution in [2.45, 2.75) is 6.42 Å². The minimum atomic E-state index is -0.169. The van der Waals surface area contributed by atoms with Gasteiger partial charge in [0.25, 0.3) is 11.8 Å². The van der Waals surface area contributed by atoms with Crippen LogP contribution in [0.2, 0.25) is 0 Å². The first-order chi connectivity index (χ1) is 14.1. The monoisotopic (exact) mass is 395 g/mol. The Kier molecular flexibility index (Phi) is 6.84. The Labute approximate surface area is 170 Å². The van der Waals surface area contributed by atoms with E-state index in [0.29, 0.717) is 43.9 Å². The van der Waals surface area contributed by atoms with Gasteiger partial charge in [0.05, 0.1) is 7.11 Å². The van der Waals surface area contributed by atoms with Crippen LogP contribution in [-0.4, -0.2) is 67.9 Å². The minimum Gasteiger partial charge on any atom is -0.497 e. The number of carbonyl (C=O) groups excluding carboxylic acids is 3. The van der Waals surface area contributed by atoms with Crippen molar-refractivity contribution in [2.75, 3.05) is 39.8 Å². The van der Waals surface area contributed by atoms with Crippen molar-refractivity contribution in [1.82, 2.24) is 15.1 Å². The van der Waals surface area contributed by atoms with Crippen LogP contribution in [0.4, 0.5) is 0 Å². The summed E-state index contributed by atoms with van der Waals surface area (Å²) in [5, 5.41) is 2.90. The van der Waals surface area contributed by atoms with Crippen LogP contribution in [0.25, 0.3) is 0 Å². The maximum absolute atomic E-state index is 12.6. The van der Waals surface area contributed by atoms with Crippen molar-refractivity contribution in [3.8, 4) is 5.75 Å². The summed E-state index contributed by atoms with van der Waals surface area (Å²) in [6, 6.07) is 14.4. The van der Waals surface area contributed by atoms with Crippen molar-refractivity contribution in [3.05, 3.63) is 65.2 Å². The van der Waals surface area contributed by atoms with Crippen LogP contribution in [0.1, 0.15) is 26.3 Å². The van der Waals surface area contributed by atoms with E-state index in [0.717, 1.165) is 24.1 Å². The van der Waals surface area contributed by atoms with E-state index < -0.39 is 0 Å². The van der Waals surface area contributed by atoms with Gasteiger partial charge in [-0.2, -0.15) is 0 Å². The molecule has 29 heavy (non-hydrogen) atoms. The quantitative estimate of drug-likeness (QED) is 0.722. The molecule has 1 aliphatic rings. The summed E-state index contributed by atoms with van der Waals surface area (Å²) in [7, 11) is 1.63. The molecule has 0 saturated carbocycles. The van der Waals surface area contributed by atoms with Crippen LogP contribution in [0.5, 0.6) is 5.75 Å². The minimum absolute atomic E-state index is 0.0815. The van der Waals surface area contributed by atoms with Crippen LogP contribution in [-0.2, 0) is 11.2 Å². The third kappa shape index (κ3) is 5.34. The lowest BCUT2D eigenvalue weighted by Gasteiger charge is -2.32. The number of rotatable bonds is 7. The van der Waals surface area contributed by atoms with E-state index in [1.54, 1.807) is 41.2 Å². The first-order valence-corrected chi connectivity index (χ1v) is 9.60. The topological polar surface area (TPSA) is 79.0 Å². The number of amides is 3. The number of nitrogens with zero attached hydrogens (tertiary/aromatic N) is 2. The summed E-state index contributed by atoms with van der Waals surface area (Å²) in [6.07, 6.45) is 1.53. The normalized spacial score (nSPS) is 13.7. The predicted octanol–water partition coefficient (Wildman–Crippen LogP) is 1.58. The Bertz CT molecular complexity index is 841. The predicted molar refractivity (Wildman–Crippen MR) is 109 cm³/mol. The van der Waals surface area contributed by atoms with Gasteiger partial charge in [0.15, 0.2) is 0 Å². The Morgan fingerprint density at radius 2 is 1.59 bits per heavy atom. The maximum Gasteiger partial charge on any atom is 0.253 e. The van der Waals surface area contributed by atoms with Crippen LogP contribution < -0.4 is 10.1 Å². The molecule has 0 aromatic heterocycles. The Hall–Kier alpha value is -3.35. The number of benzene rings is 2. The number of hydrogen-bond donors (Lipinski definition) is 1. The molecule has 0 spiro atoms. The summed E-state index contributed by atoms with van der Waals surface area (Å²) >= 11 is 0. The van der Waals surface area contributed by atoms with E-state index in [4.69, 9.17) is 4.74 Å². The molecule has 2 aromatic carbocycles. The standard InChI is InChI=1S/C22H25N3O4/c1-29-20-8-2-17(3-9-20)10-11-23-21(27)18-4-6-19(7-5-18)22(28)25-14-12-24(16-26)13-15-25/h2-9,16H,10-15H2,1H3,(H,23,27). The highest BCUT2D eigenvalue weighted by molar-refractivity contribution is 5.97. The SMILES string of the molecule is COc1ccc(CCNC(=O)c2ccc(C(=O)N3CCN(C=O)CC3)cc2)cc1. The van der Waals surface area contributed by atoms with Crippen LogP contribution in [0.15, 0.2) is 48.5 Å². The molecule has 1 N–H and O–H groups in total. The lowest BCUT2D eigenvalue weighted by atomic mass is 10.1. The molecule has 0 unspecified atom stereocenters. The fraction of sp³-hybridized carbons (Fsp3) is 0.318. The van der Waals surface area contributed by atoms with Gasteiger partial charge in [-0.3, -0.25) is 14.4 Å². The van der Waals surface area contributed by atoms with Gasteiger partial charge >= 0.3 is 0 Å². The Morgan fingerprint density at radius 3 is 2.17 bits per heavy atom. The van der Waals surface area contributed by atoms with Crippen molar-refractivity contribution >= 4 is 18.2 Å². The van der Waals surface area contributed by atoms with Gasteiger partial charge in [-0.25, -0.2) is 0 Å². The second-order valence-corrected chi connectivity index (χ2v) is 6.86. The average molecular weight is 395 g/mol. The van der Waals surface area contributed by atoms with E-state index >= 15 is 0 Å². The Balaban J connectivity index is 1.49. The number of hydrogen-bond acceptors (Lipinski definition) is 4. The first-order valence-electron chi connectivity index (χ1n) is 9.60. The summed E-state index contributed by atoms with van der Waals surface area (Å²) in [6.45, 7) is 2.65. The van der Waals surface area contributed by atoms with Gasteiger partial charge < -0.3 is 19.9 Å². The van der Waals surface area contributed by atoms with E-state index in [2.05, 4.69) is 5.32 Å². The highest BCUT2D eigenvalue weighted by atomic mass is 16.5. The molecule has 1 fully saturated rings. The average Bonchev–Trinajstić information content (AvgIpc) is 2.79. The third-order valence-corrected chi connectivity index (χ3v) is 5.00. The number of carbonyl (C=O) groups is 3. The zero-order valence-electron chi connectivity index (χ0n) is 16.5. The van der Waals surface area contributed by atoms with Gasteiger partial charge in [-0.15, -0.1) is 0 Å².